The Labute approximate surface area is 129 Å². The van der Waals surface area contributed by atoms with Gasteiger partial charge in [-0.05, 0) is 30.0 Å². The van der Waals surface area contributed by atoms with E-state index in [1.807, 2.05) is 49.3 Å². The minimum absolute atomic E-state index is 0.0603. The number of benzene rings is 2. The minimum Gasteiger partial charge on any atom is -0.489 e. The Bertz CT molecular complexity index is 667. The predicted octanol–water partition coefficient (Wildman–Crippen LogP) is 3.71. The van der Waals surface area contributed by atoms with Crippen molar-refractivity contribution in [3.8, 4) is 5.75 Å². The molecule has 0 aliphatic heterocycles. The fourth-order valence-corrected chi connectivity index (χ4v) is 1.89. The average molecular weight is 298 g/mol. The van der Waals surface area contributed by atoms with Crippen molar-refractivity contribution in [2.24, 2.45) is 0 Å². The number of rotatable bonds is 6. The molecule has 2 aromatic rings. The standard InChI is InChI=1S/C17H18N2O3/c1-18(2)11-10-15-12-16(8-9-17(15)19(20)21)22-13-14-6-4-3-5-7-14/h3-12H,13H2,1-2H3/b11-10+. The molecule has 0 aliphatic rings. The summed E-state index contributed by atoms with van der Waals surface area (Å²) in [5, 5.41) is 11.1. The summed E-state index contributed by atoms with van der Waals surface area (Å²) in [5.74, 6) is 0.604. The fourth-order valence-electron chi connectivity index (χ4n) is 1.89. The van der Waals surface area contributed by atoms with Gasteiger partial charge >= 0.3 is 0 Å². The third-order valence-corrected chi connectivity index (χ3v) is 3.00. The number of nitrogens with zero attached hydrogens (tertiary/aromatic N) is 2. The van der Waals surface area contributed by atoms with Crippen LogP contribution in [0.25, 0.3) is 6.08 Å². The minimum atomic E-state index is -0.393. The molecule has 5 heteroatoms. The van der Waals surface area contributed by atoms with Crippen molar-refractivity contribution >= 4 is 11.8 Å². The highest BCUT2D eigenvalue weighted by atomic mass is 16.6. The molecule has 22 heavy (non-hydrogen) atoms. The largest absolute Gasteiger partial charge is 0.489 e. The van der Waals surface area contributed by atoms with Crippen LogP contribution in [0, 0.1) is 10.1 Å². The van der Waals surface area contributed by atoms with Crippen LogP contribution in [0.1, 0.15) is 11.1 Å². The molecule has 0 aliphatic carbocycles. The van der Waals surface area contributed by atoms with Crippen molar-refractivity contribution in [2.75, 3.05) is 14.1 Å². The molecule has 0 amide bonds. The number of nitro groups is 1. The van der Waals surface area contributed by atoms with E-state index in [-0.39, 0.29) is 5.69 Å². The van der Waals surface area contributed by atoms with Crippen molar-refractivity contribution < 1.29 is 9.66 Å². The first-order valence-electron chi connectivity index (χ1n) is 6.86. The predicted molar refractivity (Wildman–Crippen MR) is 86.6 cm³/mol. The molecule has 0 N–H and O–H groups in total. The summed E-state index contributed by atoms with van der Waals surface area (Å²) in [4.78, 5) is 12.5. The van der Waals surface area contributed by atoms with Crippen LogP contribution >= 0.6 is 0 Å². The van der Waals surface area contributed by atoms with Gasteiger partial charge in [0.1, 0.15) is 12.4 Å². The molecule has 2 aromatic carbocycles. The third kappa shape index (κ3) is 4.34. The Morgan fingerprint density at radius 2 is 1.91 bits per heavy atom. The van der Waals surface area contributed by atoms with Crippen LogP contribution < -0.4 is 4.74 Å². The second kappa shape index (κ2) is 7.26. The quantitative estimate of drug-likeness (QED) is 0.602. The molecule has 0 unspecified atom stereocenters. The number of hydrogen-bond acceptors (Lipinski definition) is 4. The van der Waals surface area contributed by atoms with Crippen LogP contribution in [0.15, 0.2) is 54.7 Å². The maximum absolute atomic E-state index is 11.1. The van der Waals surface area contributed by atoms with E-state index in [4.69, 9.17) is 4.74 Å². The fraction of sp³-hybridized carbons (Fsp3) is 0.176. The van der Waals surface area contributed by atoms with Crippen molar-refractivity contribution in [1.82, 2.24) is 4.90 Å². The lowest BCUT2D eigenvalue weighted by Gasteiger charge is -2.08. The van der Waals surface area contributed by atoms with E-state index in [1.54, 1.807) is 24.4 Å². The molecule has 0 saturated heterocycles. The van der Waals surface area contributed by atoms with Gasteiger partial charge in [-0.2, -0.15) is 0 Å². The lowest BCUT2D eigenvalue weighted by molar-refractivity contribution is -0.385. The van der Waals surface area contributed by atoms with E-state index in [1.165, 1.54) is 6.07 Å². The van der Waals surface area contributed by atoms with E-state index in [0.29, 0.717) is 17.9 Å². The Balaban J connectivity index is 2.19. The first kappa shape index (κ1) is 15.6. The summed E-state index contributed by atoms with van der Waals surface area (Å²) in [6.07, 6.45) is 3.47. The van der Waals surface area contributed by atoms with Crippen LogP contribution in [-0.4, -0.2) is 23.9 Å². The van der Waals surface area contributed by atoms with Crippen LogP contribution in [0.3, 0.4) is 0 Å². The highest BCUT2D eigenvalue weighted by Gasteiger charge is 2.12. The first-order valence-corrected chi connectivity index (χ1v) is 6.86. The zero-order chi connectivity index (χ0) is 15.9. The normalized spacial score (nSPS) is 10.6. The molecule has 0 atom stereocenters. The topological polar surface area (TPSA) is 55.6 Å². The van der Waals surface area contributed by atoms with Crippen molar-refractivity contribution in [2.45, 2.75) is 6.61 Å². The van der Waals surface area contributed by atoms with Crippen LogP contribution in [0.5, 0.6) is 5.75 Å². The SMILES string of the molecule is CN(C)/C=C/c1cc(OCc2ccccc2)ccc1[N+](=O)[O-]. The zero-order valence-corrected chi connectivity index (χ0v) is 12.6. The third-order valence-electron chi connectivity index (χ3n) is 3.00. The molecule has 2 rings (SSSR count). The molecular weight excluding hydrogens is 280 g/mol. The molecule has 0 spiro atoms. The monoisotopic (exact) mass is 298 g/mol. The first-order chi connectivity index (χ1) is 10.6. The molecule has 114 valence electrons. The Morgan fingerprint density at radius 1 is 1.18 bits per heavy atom. The molecular formula is C17H18N2O3. The van der Waals surface area contributed by atoms with Gasteiger partial charge < -0.3 is 9.64 Å². The van der Waals surface area contributed by atoms with E-state index in [9.17, 15) is 10.1 Å². The lowest BCUT2D eigenvalue weighted by atomic mass is 10.1. The Kier molecular flexibility index (Phi) is 5.14. The van der Waals surface area contributed by atoms with E-state index in [2.05, 4.69) is 0 Å². The number of nitro benzene ring substituents is 1. The summed E-state index contributed by atoms with van der Waals surface area (Å²) < 4.78 is 5.70. The maximum atomic E-state index is 11.1. The Hall–Kier alpha value is -2.82. The second-order valence-electron chi connectivity index (χ2n) is 5.03. The average Bonchev–Trinajstić information content (AvgIpc) is 2.51. The summed E-state index contributed by atoms with van der Waals surface area (Å²) >= 11 is 0. The van der Waals surface area contributed by atoms with E-state index in [0.717, 1.165) is 5.56 Å². The highest BCUT2D eigenvalue weighted by Crippen LogP contribution is 2.26. The number of ether oxygens (including phenoxy) is 1. The van der Waals surface area contributed by atoms with Crippen molar-refractivity contribution in [3.63, 3.8) is 0 Å². The van der Waals surface area contributed by atoms with Crippen LogP contribution in [-0.2, 0) is 6.61 Å². The maximum Gasteiger partial charge on any atom is 0.276 e. The highest BCUT2D eigenvalue weighted by molar-refractivity contribution is 5.62. The molecule has 0 radical (unpaired) electrons. The summed E-state index contributed by atoms with van der Waals surface area (Å²) in [6, 6.07) is 14.5. The van der Waals surface area contributed by atoms with Crippen molar-refractivity contribution in [1.29, 1.82) is 0 Å². The van der Waals surface area contributed by atoms with Gasteiger partial charge in [-0.15, -0.1) is 0 Å². The number of hydrogen-bond donors (Lipinski definition) is 0. The summed E-state index contributed by atoms with van der Waals surface area (Å²) in [5.41, 5.74) is 1.63. The van der Waals surface area contributed by atoms with Gasteiger partial charge in [-0.1, -0.05) is 30.3 Å². The van der Waals surface area contributed by atoms with Gasteiger partial charge in [0.05, 0.1) is 10.5 Å². The van der Waals surface area contributed by atoms with Gasteiger partial charge in [-0.3, -0.25) is 10.1 Å². The van der Waals surface area contributed by atoms with E-state index < -0.39 is 4.92 Å². The smallest absolute Gasteiger partial charge is 0.276 e. The second-order valence-corrected chi connectivity index (χ2v) is 5.03. The molecule has 0 fully saturated rings. The van der Waals surface area contributed by atoms with Crippen molar-refractivity contribution in [3.05, 3.63) is 76.0 Å². The molecule has 0 saturated carbocycles. The lowest BCUT2D eigenvalue weighted by Crippen LogP contribution is -2.01. The van der Waals surface area contributed by atoms with Crippen LogP contribution in [0.4, 0.5) is 5.69 Å². The molecule has 0 aromatic heterocycles. The summed E-state index contributed by atoms with van der Waals surface area (Å²) in [6.45, 7) is 0.426. The van der Waals surface area contributed by atoms with Crippen LogP contribution in [0.2, 0.25) is 0 Å². The summed E-state index contributed by atoms with van der Waals surface area (Å²) in [7, 11) is 3.72. The molecule has 0 heterocycles. The van der Waals surface area contributed by atoms with Gasteiger partial charge in [0.2, 0.25) is 0 Å². The van der Waals surface area contributed by atoms with Gasteiger partial charge in [0.15, 0.2) is 0 Å². The van der Waals surface area contributed by atoms with Gasteiger partial charge in [-0.25, -0.2) is 0 Å². The van der Waals surface area contributed by atoms with Gasteiger partial charge in [0.25, 0.3) is 5.69 Å². The molecule has 0 bridgehead atoms. The molecule has 5 nitrogen and oxygen atoms in total. The zero-order valence-electron chi connectivity index (χ0n) is 12.6. The Morgan fingerprint density at radius 3 is 2.55 bits per heavy atom. The van der Waals surface area contributed by atoms with Gasteiger partial charge in [0, 0.05) is 20.2 Å². The van der Waals surface area contributed by atoms with E-state index >= 15 is 0 Å².